The van der Waals surface area contributed by atoms with E-state index in [4.69, 9.17) is 9.15 Å². The lowest BCUT2D eigenvalue weighted by Gasteiger charge is -2.03. The fraction of sp³-hybridized carbons (Fsp3) is 0.111. The molecule has 24 heavy (non-hydrogen) atoms. The van der Waals surface area contributed by atoms with Gasteiger partial charge in [-0.05, 0) is 25.1 Å². The molecule has 0 N–H and O–H groups in total. The molecule has 0 aliphatic rings. The van der Waals surface area contributed by atoms with Crippen LogP contribution >= 0.6 is 0 Å². The number of rotatable bonds is 4. The summed E-state index contributed by atoms with van der Waals surface area (Å²) in [5.74, 6) is -2.75. The topological polar surface area (TPSA) is 56.5 Å². The fourth-order valence-electron chi connectivity index (χ4n) is 2.35. The van der Waals surface area contributed by atoms with Crippen LogP contribution in [-0.4, -0.2) is 18.4 Å². The molecule has 1 aromatic heterocycles. The zero-order valence-electron chi connectivity index (χ0n) is 12.6. The highest BCUT2D eigenvalue weighted by Gasteiger charge is 2.21. The quantitative estimate of drug-likeness (QED) is 0.535. The van der Waals surface area contributed by atoms with Gasteiger partial charge >= 0.3 is 5.97 Å². The predicted molar refractivity (Wildman–Crippen MR) is 81.9 cm³/mol. The summed E-state index contributed by atoms with van der Waals surface area (Å²) in [6.07, 6.45) is 0. The summed E-state index contributed by atoms with van der Waals surface area (Å²) in [7, 11) is 0. The molecule has 2 aromatic carbocycles. The van der Waals surface area contributed by atoms with Crippen LogP contribution in [-0.2, 0) is 4.74 Å². The van der Waals surface area contributed by atoms with Crippen molar-refractivity contribution in [2.24, 2.45) is 0 Å². The van der Waals surface area contributed by atoms with Crippen LogP contribution < -0.4 is 0 Å². The number of esters is 1. The Morgan fingerprint density at radius 3 is 2.58 bits per heavy atom. The van der Waals surface area contributed by atoms with Crippen molar-refractivity contribution < 1.29 is 27.5 Å². The summed E-state index contributed by atoms with van der Waals surface area (Å²) in [6, 6.07) is 9.40. The summed E-state index contributed by atoms with van der Waals surface area (Å²) in [5.41, 5.74) is 0.473. The second kappa shape index (κ2) is 6.23. The van der Waals surface area contributed by atoms with Gasteiger partial charge in [0.05, 0.1) is 0 Å². The molecule has 122 valence electrons. The third-order valence-corrected chi connectivity index (χ3v) is 3.58. The summed E-state index contributed by atoms with van der Waals surface area (Å²) in [4.78, 5) is 24.0. The summed E-state index contributed by atoms with van der Waals surface area (Å²) in [6.45, 7) is 1.03. The summed E-state index contributed by atoms with van der Waals surface area (Å²) in [5, 5.41) is 0.457. The molecule has 6 heteroatoms. The van der Waals surface area contributed by atoms with Gasteiger partial charge in [-0.25, -0.2) is 13.6 Å². The number of Topliss-reactive ketones (excluding diaryl/α,β-unsaturated/α-hetero) is 1. The fourth-order valence-corrected chi connectivity index (χ4v) is 2.35. The summed E-state index contributed by atoms with van der Waals surface area (Å²) >= 11 is 0. The highest BCUT2D eigenvalue weighted by Crippen LogP contribution is 2.27. The average molecular weight is 330 g/mol. The number of hydrogen-bond donors (Lipinski definition) is 0. The van der Waals surface area contributed by atoms with Gasteiger partial charge < -0.3 is 9.15 Å². The molecule has 4 nitrogen and oxygen atoms in total. The van der Waals surface area contributed by atoms with Crippen molar-refractivity contribution in [3.05, 3.63) is 71.0 Å². The van der Waals surface area contributed by atoms with Crippen LogP contribution in [0.3, 0.4) is 0 Å². The minimum Gasteiger partial charge on any atom is -0.451 e. The molecule has 0 aliphatic carbocycles. The Morgan fingerprint density at radius 2 is 1.88 bits per heavy atom. The second-order valence-electron chi connectivity index (χ2n) is 5.18. The first-order valence-electron chi connectivity index (χ1n) is 7.11. The van der Waals surface area contributed by atoms with Crippen LogP contribution in [0, 0.1) is 18.6 Å². The predicted octanol–water partition coefficient (Wildman–Crippen LogP) is 4.06. The zero-order chi connectivity index (χ0) is 17.3. The van der Waals surface area contributed by atoms with Gasteiger partial charge in [-0.3, -0.25) is 4.79 Å². The number of carbonyl (C=O) groups is 2. The molecule has 0 atom stereocenters. The number of furan rings is 1. The molecule has 0 aliphatic heterocycles. The van der Waals surface area contributed by atoms with Gasteiger partial charge in [0, 0.05) is 16.5 Å². The van der Waals surface area contributed by atoms with Crippen molar-refractivity contribution in [3.63, 3.8) is 0 Å². The number of aryl methyl sites for hydroxylation is 1. The van der Waals surface area contributed by atoms with Gasteiger partial charge in [0.1, 0.15) is 5.82 Å². The average Bonchev–Trinajstić information content (AvgIpc) is 2.91. The van der Waals surface area contributed by atoms with Crippen molar-refractivity contribution in [2.45, 2.75) is 6.92 Å². The van der Waals surface area contributed by atoms with Crippen LogP contribution in [0.25, 0.3) is 11.0 Å². The standard InChI is InChI=1S/C18H12F2O4/c1-10-13-6-3-7-14(20)17(13)24-16(10)18(22)23-9-15(21)11-4-2-5-12(19)8-11/h2-8H,9H2,1H3. The highest BCUT2D eigenvalue weighted by molar-refractivity contribution is 6.00. The molecular formula is C18H12F2O4. The minimum atomic E-state index is -0.882. The number of halogens is 2. The normalized spacial score (nSPS) is 10.8. The van der Waals surface area contributed by atoms with Crippen LogP contribution in [0.4, 0.5) is 8.78 Å². The molecule has 1 heterocycles. The molecule has 0 spiro atoms. The van der Waals surface area contributed by atoms with Crippen molar-refractivity contribution in [2.75, 3.05) is 6.61 Å². The number of fused-ring (bicyclic) bond motifs is 1. The monoisotopic (exact) mass is 330 g/mol. The van der Waals surface area contributed by atoms with Gasteiger partial charge in [0.15, 0.2) is 23.8 Å². The Hall–Kier alpha value is -3.02. The minimum absolute atomic E-state index is 0.0431. The molecule has 0 unspecified atom stereocenters. The lowest BCUT2D eigenvalue weighted by atomic mass is 10.1. The molecule has 0 bridgehead atoms. The third-order valence-electron chi connectivity index (χ3n) is 3.58. The highest BCUT2D eigenvalue weighted by atomic mass is 19.1. The van der Waals surface area contributed by atoms with E-state index >= 15 is 0 Å². The maximum Gasteiger partial charge on any atom is 0.375 e. The molecular weight excluding hydrogens is 318 g/mol. The number of ketones is 1. The first-order chi connectivity index (χ1) is 11.5. The van der Waals surface area contributed by atoms with E-state index in [1.807, 2.05) is 0 Å². The van der Waals surface area contributed by atoms with E-state index in [-0.39, 0.29) is 16.9 Å². The smallest absolute Gasteiger partial charge is 0.375 e. The Morgan fingerprint density at radius 1 is 1.12 bits per heavy atom. The third kappa shape index (κ3) is 2.90. The SMILES string of the molecule is Cc1c(C(=O)OCC(=O)c2cccc(F)c2)oc2c(F)cccc12. The lowest BCUT2D eigenvalue weighted by Crippen LogP contribution is -2.14. The molecule has 3 rings (SSSR count). The van der Waals surface area contributed by atoms with Gasteiger partial charge in [0.25, 0.3) is 0 Å². The van der Waals surface area contributed by atoms with Crippen molar-refractivity contribution in [3.8, 4) is 0 Å². The Balaban J connectivity index is 1.77. The van der Waals surface area contributed by atoms with Gasteiger partial charge in [-0.2, -0.15) is 0 Å². The number of benzene rings is 2. The maximum absolute atomic E-state index is 13.7. The van der Waals surface area contributed by atoms with E-state index in [0.717, 1.165) is 6.07 Å². The zero-order valence-corrected chi connectivity index (χ0v) is 12.6. The van der Waals surface area contributed by atoms with E-state index in [2.05, 4.69) is 0 Å². The first-order valence-corrected chi connectivity index (χ1v) is 7.11. The van der Waals surface area contributed by atoms with Crippen LogP contribution in [0.5, 0.6) is 0 Å². The van der Waals surface area contributed by atoms with Crippen molar-refractivity contribution in [1.82, 2.24) is 0 Å². The number of carbonyl (C=O) groups excluding carboxylic acids is 2. The van der Waals surface area contributed by atoms with Gasteiger partial charge in [0.2, 0.25) is 5.76 Å². The Labute approximate surface area is 135 Å². The van der Waals surface area contributed by atoms with Crippen molar-refractivity contribution in [1.29, 1.82) is 0 Å². The van der Waals surface area contributed by atoms with E-state index in [0.29, 0.717) is 10.9 Å². The molecule has 0 fully saturated rings. The second-order valence-corrected chi connectivity index (χ2v) is 5.18. The number of para-hydroxylation sites is 1. The van der Waals surface area contributed by atoms with E-state index < -0.39 is 30.0 Å². The molecule has 0 saturated heterocycles. The Kier molecular flexibility index (Phi) is 4.12. The van der Waals surface area contributed by atoms with E-state index in [1.54, 1.807) is 13.0 Å². The van der Waals surface area contributed by atoms with Gasteiger partial charge in [-0.1, -0.05) is 24.3 Å². The first kappa shape index (κ1) is 15.9. The largest absolute Gasteiger partial charge is 0.451 e. The Bertz CT molecular complexity index is 943. The molecule has 0 amide bonds. The maximum atomic E-state index is 13.7. The van der Waals surface area contributed by atoms with Crippen LogP contribution in [0.1, 0.15) is 26.5 Å². The molecule has 3 aromatic rings. The van der Waals surface area contributed by atoms with Crippen LogP contribution in [0.15, 0.2) is 46.9 Å². The van der Waals surface area contributed by atoms with E-state index in [9.17, 15) is 18.4 Å². The van der Waals surface area contributed by atoms with E-state index in [1.165, 1.54) is 30.3 Å². The number of hydrogen-bond acceptors (Lipinski definition) is 4. The summed E-state index contributed by atoms with van der Waals surface area (Å²) < 4.78 is 36.9. The lowest BCUT2D eigenvalue weighted by molar-refractivity contribution is 0.0445. The number of ether oxygens (including phenoxy) is 1. The molecule has 0 saturated carbocycles. The molecule has 0 radical (unpaired) electrons. The van der Waals surface area contributed by atoms with Gasteiger partial charge in [-0.15, -0.1) is 0 Å². The van der Waals surface area contributed by atoms with Crippen LogP contribution in [0.2, 0.25) is 0 Å². The van der Waals surface area contributed by atoms with Crippen molar-refractivity contribution >= 4 is 22.7 Å².